The third-order valence-corrected chi connectivity index (χ3v) is 22.2. The van der Waals surface area contributed by atoms with Crippen molar-refractivity contribution in [2.75, 3.05) is 0 Å². The van der Waals surface area contributed by atoms with Crippen LogP contribution in [0.25, 0.3) is 67.4 Å². The average molecular weight is 1490 g/mol. The number of H-pyrrole nitrogens is 2. The normalized spacial score (nSPS) is 13.5. The molecular formula is C103H128Cl2N4. The number of nitrogens with one attached hydrogen (secondary N) is 2. The third-order valence-electron chi connectivity index (χ3n) is 21.6. The molecule has 4 nitrogen and oxygen atoms in total. The molecule has 0 saturated heterocycles. The number of halogens is 2. The highest BCUT2D eigenvalue weighted by molar-refractivity contribution is 6.35. The SMILES string of the molecule is CC(C)(C)C1=CCc2c(Cl)cccc21.CC(C)(C)c1c[nH]c2cccc(Cl)c12.CC(C)(C)c1ccc2c(c1)CC=C2.CC(C)(C)c1cccc2c1CC=C2.CC(C)c1cccc2c1ccn2C.Cc1ccc2[nH]ccc2c1C(C)(C)C.Cc1cccc2c1CC(C(C)(C)C)=C2.Cn1cc(C(C)(C)C)c2ccccc21. The Hall–Kier alpha value is -8.54. The van der Waals surface area contributed by atoms with Crippen LogP contribution < -0.4 is 0 Å². The Kier molecular flexibility index (Phi) is 26.3. The molecule has 0 radical (unpaired) electrons. The number of allylic oxidation sites excluding steroid dienone is 5. The van der Waals surface area contributed by atoms with Crippen LogP contribution in [0, 0.1) is 24.7 Å². The van der Waals surface area contributed by atoms with E-state index in [4.69, 9.17) is 23.2 Å². The number of aromatic amines is 2. The Balaban J connectivity index is 0.000000144. The number of aromatic nitrogens is 4. The lowest BCUT2D eigenvalue weighted by molar-refractivity contribution is 0.498. The molecule has 4 aliphatic rings. The zero-order chi connectivity index (χ0) is 80.1. The predicted octanol–water partition coefficient (Wildman–Crippen LogP) is 30.1. The first-order valence-corrected chi connectivity index (χ1v) is 40.4. The Morgan fingerprint density at radius 1 is 0.431 bits per heavy atom. The van der Waals surface area contributed by atoms with Crippen LogP contribution in [0.2, 0.25) is 10.0 Å². The molecule has 2 N–H and O–H groups in total. The van der Waals surface area contributed by atoms with Gasteiger partial charge in [-0.25, -0.2) is 0 Å². The highest BCUT2D eigenvalue weighted by Crippen LogP contribution is 2.44. The molecule has 109 heavy (non-hydrogen) atoms. The summed E-state index contributed by atoms with van der Waals surface area (Å²) >= 11 is 12.3. The molecule has 0 bridgehead atoms. The smallest absolute Gasteiger partial charge is 0.0502 e. The summed E-state index contributed by atoms with van der Waals surface area (Å²) in [4.78, 5) is 6.51. The summed E-state index contributed by atoms with van der Waals surface area (Å²) in [6, 6.07) is 56.0. The molecule has 0 spiro atoms. The Morgan fingerprint density at radius 3 is 1.70 bits per heavy atom. The molecule has 0 amide bonds. The minimum Gasteiger partial charge on any atom is -0.361 e. The van der Waals surface area contributed by atoms with E-state index in [9.17, 15) is 0 Å². The van der Waals surface area contributed by atoms with Crippen molar-refractivity contribution in [3.63, 3.8) is 0 Å². The molecule has 0 atom stereocenters. The van der Waals surface area contributed by atoms with Gasteiger partial charge in [0.25, 0.3) is 0 Å². The average Bonchev–Trinajstić information content (AvgIpc) is 1.68. The monoisotopic (exact) mass is 1490 g/mol. The number of rotatable bonds is 1. The van der Waals surface area contributed by atoms with E-state index in [2.05, 4.69) is 395 Å². The minimum atomic E-state index is 0.128. The molecule has 4 aliphatic carbocycles. The van der Waals surface area contributed by atoms with E-state index in [0.717, 1.165) is 46.6 Å². The fourth-order valence-electron chi connectivity index (χ4n) is 15.5. The van der Waals surface area contributed by atoms with Crippen molar-refractivity contribution >= 4 is 90.6 Å². The summed E-state index contributed by atoms with van der Waals surface area (Å²) in [5.41, 5.74) is 32.4. The maximum Gasteiger partial charge on any atom is 0.0502 e. The van der Waals surface area contributed by atoms with Gasteiger partial charge in [-0.1, -0.05) is 334 Å². The second-order valence-corrected chi connectivity index (χ2v) is 38.7. The van der Waals surface area contributed by atoms with Gasteiger partial charge in [-0.2, -0.15) is 0 Å². The van der Waals surface area contributed by atoms with Gasteiger partial charge in [-0.15, -0.1) is 0 Å². The lowest BCUT2D eigenvalue weighted by Gasteiger charge is -2.22. The predicted molar refractivity (Wildman–Crippen MR) is 483 cm³/mol. The van der Waals surface area contributed by atoms with E-state index >= 15 is 0 Å². The first kappa shape index (κ1) is 84.5. The molecule has 574 valence electrons. The first-order chi connectivity index (χ1) is 50.8. The van der Waals surface area contributed by atoms with Crippen LogP contribution in [-0.2, 0) is 66.9 Å². The molecule has 4 heterocycles. The van der Waals surface area contributed by atoms with E-state index < -0.39 is 0 Å². The highest BCUT2D eigenvalue weighted by Gasteiger charge is 2.28. The van der Waals surface area contributed by atoms with Crippen LogP contribution in [0.1, 0.15) is 254 Å². The van der Waals surface area contributed by atoms with Crippen molar-refractivity contribution in [2.24, 2.45) is 24.9 Å². The van der Waals surface area contributed by atoms with Gasteiger partial charge in [0.05, 0.1) is 5.02 Å². The second-order valence-electron chi connectivity index (χ2n) is 37.9. The van der Waals surface area contributed by atoms with Gasteiger partial charge in [-0.05, 0) is 226 Å². The van der Waals surface area contributed by atoms with Gasteiger partial charge in [-0.3, -0.25) is 0 Å². The number of nitrogens with zero attached hydrogens (tertiary/aromatic N) is 2. The molecule has 0 aliphatic heterocycles. The maximum atomic E-state index is 6.19. The Morgan fingerprint density at radius 2 is 1.05 bits per heavy atom. The number of hydrogen-bond donors (Lipinski definition) is 2. The lowest BCUT2D eigenvalue weighted by atomic mass is 9.82. The van der Waals surface area contributed by atoms with Crippen LogP contribution in [0.5, 0.6) is 0 Å². The molecule has 0 saturated carbocycles. The van der Waals surface area contributed by atoms with Crippen LogP contribution in [0.4, 0.5) is 0 Å². The first-order valence-electron chi connectivity index (χ1n) is 39.6. The number of hydrogen-bond acceptors (Lipinski definition) is 0. The van der Waals surface area contributed by atoms with E-state index in [1.54, 1.807) is 5.57 Å². The van der Waals surface area contributed by atoms with Gasteiger partial charge in [0.2, 0.25) is 0 Å². The summed E-state index contributed by atoms with van der Waals surface area (Å²) in [5, 5.41) is 7.01. The molecule has 16 rings (SSSR count). The molecule has 0 unspecified atom stereocenters. The number of benzene rings is 8. The van der Waals surface area contributed by atoms with Crippen molar-refractivity contribution < 1.29 is 0 Å². The zero-order valence-electron chi connectivity index (χ0n) is 71.3. The van der Waals surface area contributed by atoms with E-state index in [1.807, 2.05) is 30.5 Å². The third kappa shape index (κ3) is 20.7. The van der Waals surface area contributed by atoms with E-state index in [1.165, 1.54) is 127 Å². The van der Waals surface area contributed by atoms with Crippen LogP contribution >= 0.6 is 23.2 Å². The summed E-state index contributed by atoms with van der Waals surface area (Å²) < 4.78 is 4.37. The molecule has 0 fully saturated rings. The number of aryl methyl sites for hydroxylation is 4. The van der Waals surface area contributed by atoms with Crippen LogP contribution in [0.15, 0.2) is 206 Å². The molecule has 6 heteroatoms. The Labute approximate surface area is 667 Å². The van der Waals surface area contributed by atoms with E-state index in [-0.39, 0.29) is 32.5 Å². The van der Waals surface area contributed by atoms with Gasteiger partial charge in [0, 0.05) is 87.5 Å². The minimum absolute atomic E-state index is 0.128. The van der Waals surface area contributed by atoms with Gasteiger partial charge in [0.1, 0.15) is 0 Å². The highest BCUT2D eigenvalue weighted by atomic mass is 35.5. The quantitative estimate of drug-likeness (QED) is 0.164. The standard InChI is InChI=1S/C14H18.C13H15Cl.2C13H17N.2C13H16.C12H14ClN.C12H15N/c1-10-6-5-7-11-8-12(9-13(10)11)14(2,3)4;1-13(2,3)11-8-7-10-9(11)5-4-6-12(10)14;1-9-5-6-11-10(7-8-14-11)12(9)13(2,3)4;1-13(2,3)11-9-14(4)12-8-6-5-7-10(11)12;1-13(2,3)12-9-5-7-10-6-4-8-11(10)12;1-13(2,3)12-8-7-10-5-4-6-11(10)9-12;1-12(2,3)8-7-14-10-6-4-5-9(13)11(8)10;1-9(2)10-5-4-6-12-11(10)7-8-13(12)3/h5-8H,9H2,1-4H3;4-6,8H,7H2,1-3H3;5-8,14H,1-4H3;5-9H,1-4H3;4-7,9H,8H2,1-3H3;4-5,7-9H,6H2,1-3H3;4-7,14H,1-3H3;4-9H,1-3H3. The number of fused-ring (bicyclic) bond motifs is 8. The van der Waals surface area contributed by atoms with Crippen molar-refractivity contribution in [2.45, 2.75) is 232 Å². The van der Waals surface area contributed by atoms with Crippen molar-refractivity contribution in [3.8, 4) is 0 Å². The number of para-hydroxylation sites is 1. The topological polar surface area (TPSA) is 41.4 Å². The van der Waals surface area contributed by atoms with Gasteiger partial charge >= 0.3 is 0 Å². The van der Waals surface area contributed by atoms with Crippen LogP contribution in [0.3, 0.4) is 0 Å². The molecule has 4 aromatic heterocycles. The zero-order valence-corrected chi connectivity index (χ0v) is 72.9. The van der Waals surface area contributed by atoms with E-state index in [0.29, 0.717) is 11.3 Å². The fraction of sp³-hybridized carbons (Fsp3) is 0.379. The Bertz CT molecular complexity index is 5260. The summed E-state index contributed by atoms with van der Waals surface area (Å²) in [5.74, 6) is 0.603. The molecular weight excluding hydrogens is 1360 g/mol. The summed E-state index contributed by atoms with van der Waals surface area (Å²) in [6.07, 6.45) is 26.4. The fourth-order valence-corrected chi connectivity index (χ4v) is 16.0. The molecule has 8 aromatic carbocycles. The summed E-state index contributed by atoms with van der Waals surface area (Å²) in [6.45, 7) is 56.3. The molecule has 12 aromatic rings. The van der Waals surface area contributed by atoms with Crippen molar-refractivity contribution in [1.82, 2.24) is 19.1 Å². The van der Waals surface area contributed by atoms with Crippen molar-refractivity contribution in [1.29, 1.82) is 0 Å². The van der Waals surface area contributed by atoms with Gasteiger partial charge < -0.3 is 19.1 Å². The largest absolute Gasteiger partial charge is 0.361 e. The lowest BCUT2D eigenvalue weighted by Crippen LogP contribution is -2.13. The van der Waals surface area contributed by atoms with Gasteiger partial charge in [0.15, 0.2) is 0 Å². The second kappa shape index (κ2) is 34.0. The van der Waals surface area contributed by atoms with Crippen LogP contribution in [-0.4, -0.2) is 19.1 Å². The van der Waals surface area contributed by atoms with Crippen molar-refractivity contribution in [3.05, 3.63) is 305 Å². The summed E-state index contributed by atoms with van der Waals surface area (Å²) in [7, 11) is 4.20. The maximum absolute atomic E-state index is 6.19.